The van der Waals surface area contributed by atoms with Crippen molar-refractivity contribution in [1.29, 1.82) is 0 Å². The first kappa shape index (κ1) is 14.8. The molecule has 1 aliphatic rings. The topological polar surface area (TPSA) is 21.1 Å². The van der Waals surface area contributed by atoms with Crippen molar-refractivity contribution in [2.45, 2.75) is 46.3 Å². The molecule has 0 atom stereocenters. The standard InChI is InChI=1S/C17H22BrN3/c1-3-21-16(17(18)13(2)19-21)12-20-10-6-9-14-7-4-5-8-15(14)11-20/h4-5,7-8H,3,6,9-12H2,1-2H3. The summed E-state index contributed by atoms with van der Waals surface area (Å²) in [6.45, 7) is 8.29. The van der Waals surface area contributed by atoms with Crippen LogP contribution in [0.1, 0.15) is 35.9 Å². The van der Waals surface area contributed by atoms with E-state index in [4.69, 9.17) is 0 Å². The average molecular weight is 348 g/mol. The van der Waals surface area contributed by atoms with Gasteiger partial charge in [-0.3, -0.25) is 9.58 Å². The molecule has 21 heavy (non-hydrogen) atoms. The second-order valence-corrected chi connectivity index (χ2v) is 6.54. The van der Waals surface area contributed by atoms with Gasteiger partial charge in [0.25, 0.3) is 0 Å². The van der Waals surface area contributed by atoms with E-state index in [9.17, 15) is 0 Å². The van der Waals surface area contributed by atoms with Crippen LogP contribution in [-0.4, -0.2) is 21.2 Å². The third-order valence-electron chi connectivity index (χ3n) is 4.26. The van der Waals surface area contributed by atoms with E-state index in [1.165, 1.54) is 34.1 Å². The number of rotatable bonds is 3. The van der Waals surface area contributed by atoms with Gasteiger partial charge < -0.3 is 0 Å². The van der Waals surface area contributed by atoms with E-state index >= 15 is 0 Å². The minimum Gasteiger partial charge on any atom is -0.293 e. The SMILES string of the molecule is CCn1nc(C)c(Br)c1CN1CCCc2ccccc2C1. The van der Waals surface area contributed by atoms with Gasteiger partial charge in [0, 0.05) is 19.6 Å². The van der Waals surface area contributed by atoms with Crippen LogP contribution < -0.4 is 0 Å². The maximum absolute atomic E-state index is 4.61. The summed E-state index contributed by atoms with van der Waals surface area (Å²) in [7, 11) is 0. The molecule has 0 saturated heterocycles. The Morgan fingerprint density at radius 3 is 2.76 bits per heavy atom. The molecule has 0 saturated carbocycles. The molecule has 3 nitrogen and oxygen atoms in total. The highest BCUT2D eigenvalue weighted by atomic mass is 79.9. The Morgan fingerprint density at radius 2 is 2.00 bits per heavy atom. The van der Waals surface area contributed by atoms with Crippen LogP contribution in [0, 0.1) is 6.92 Å². The lowest BCUT2D eigenvalue weighted by molar-refractivity contribution is 0.252. The first-order chi connectivity index (χ1) is 10.2. The average Bonchev–Trinajstić information content (AvgIpc) is 2.67. The first-order valence-electron chi connectivity index (χ1n) is 7.70. The van der Waals surface area contributed by atoms with E-state index in [-0.39, 0.29) is 0 Å². The third-order valence-corrected chi connectivity index (χ3v) is 5.29. The van der Waals surface area contributed by atoms with Gasteiger partial charge in [0.05, 0.1) is 15.9 Å². The van der Waals surface area contributed by atoms with Gasteiger partial charge in [0.1, 0.15) is 0 Å². The first-order valence-corrected chi connectivity index (χ1v) is 8.49. The van der Waals surface area contributed by atoms with E-state index in [0.717, 1.165) is 31.9 Å². The molecule has 1 aliphatic heterocycles. The van der Waals surface area contributed by atoms with E-state index in [1.807, 2.05) is 0 Å². The Morgan fingerprint density at radius 1 is 1.24 bits per heavy atom. The van der Waals surface area contributed by atoms with E-state index in [2.05, 4.69) is 68.7 Å². The molecule has 4 heteroatoms. The summed E-state index contributed by atoms with van der Waals surface area (Å²) in [5.41, 5.74) is 5.38. The highest BCUT2D eigenvalue weighted by Gasteiger charge is 2.18. The largest absolute Gasteiger partial charge is 0.293 e. The van der Waals surface area contributed by atoms with Crippen LogP contribution in [0.2, 0.25) is 0 Å². The molecule has 3 rings (SSSR count). The molecule has 0 bridgehead atoms. The summed E-state index contributed by atoms with van der Waals surface area (Å²) in [6.07, 6.45) is 2.42. The molecule has 0 amide bonds. The fraction of sp³-hybridized carbons (Fsp3) is 0.471. The van der Waals surface area contributed by atoms with E-state index < -0.39 is 0 Å². The zero-order chi connectivity index (χ0) is 14.8. The molecule has 1 aromatic heterocycles. The van der Waals surface area contributed by atoms with Gasteiger partial charge in [-0.15, -0.1) is 0 Å². The molecule has 0 N–H and O–H groups in total. The molecule has 112 valence electrons. The highest BCUT2D eigenvalue weighted by molar-refractivity contribution is 9.10. The molecule has 2 heterocycles. The van der Waals surface area contributed by atoms with Crippen molar-refractivity contribution in [3.8, 4) is 0 Å². The minimum atomic E-state index is 0.923. The monoisotopic (exact) mass is 347 g/mol. The molecular weight excluding hydrogens is 326 g/mol. The number of aryl methyl sites for hydroxylation is 3. The predicted molar refractivity (Wildman–Crippen MR) is 89.2 cm³/mol. The number of fused-ring (bicyclic) bond motifs is 1. The highest BCUT2D eigenvalue weighted by Crippen LogP contribution is 2.25. The number of nitrogens with zero attached hydrogens (tertiary/aromatic N) is 3. The normalized spacial score (nSPS) is 15.8. The molecule has 1 aromatic carbocycles. The van der Waals surface area contributed by atoms with Crippen molar-refractivity contribution in [3.63, 3.8) is 0 Å². The predicted octanol–water partition coefficient (Wildman–Crippen LogP) is 3.92. The Kier molecular flexibility index (Phi) is 4.45. The smallest absolute Gasteiger partial charge is 0.0739 e. The minimum absolute atomic E-state index is 0.923. The zero-order valence-electron chi connectivity index (χ0n) is 12.8. The summed E-state index contributed by atoms with van der Waals surface area (Å²) in [5, 5.41) is 4.61. The number of halogens is 1. The summed E-state index contributed by atoms with van der Waals surface area (Å²) in [6, 6.07) is 8.85. The molecule has 0 unspecified atom stereocenters. The van der Waals surface area contributed by atoms with Crippen LogP contribution in [0.5, 0.6) is 0 Å². The second-order valence-electron chi connectivity index (χ2n) is 5.74. The van der Waals surface area contributed by atoms with Crippen LogP contribution in [0.25, 0.3) is 0 Å². The van der Waals surface area contributed by atoms with Crippen molar-refractivity contribution in [3.05, 3.63) is 51.3 Å². The van der Waals surface area contributed by atoms with Crippen molar-refractivity contribution in [2.75, 3.05) is 6.54 Å². The van der Waals surface area contributed by atoms with Gasteiger partial charge in [-0.05, 0) is 60.3 Å². The quantitative estimate of drug-likeness (QED) is 0.838. The number of benzene rings is 1. The van der Waals surface area contributed by atoms with Gasteiger partial charge in [-0.1, -0.05) is 24.3 Å². The fourth-order valence-electron chi connectivity index (χ4n) is 3.14. The molecule has 0 aliphatic carbocycles. The van der Waals surface area contributed by atoms with Crippen LogP contribution >= 0.6 is 15.9 Å². The summed E-state index contributed by atoms with van der Waals surface area (Å²) >= 11 is 3.71. The van der Waals surface area contributed by atoms with E-state index in [0.29, 0.717) is 0 Å². The van der Waals surface area contributed by atoms with Crippen molar-refractivity contribution in [1.82, 2.24) is 14.7 Å². The maximum atomic E-state index is 4.61. The number of aromatic nitrogens is 2. The van der Waals surface area contributed by atoms with Crippen LogP contribution in [-0.2, 0) is 26.1 Å². The van der Waals surface area contributed by atoms with Crippen LogP contribution in [0.3, 0.4) is 0 Å². The summed E-state index contributed by atoms with van der Waals surface area (Å²) < 4.78 is 3.29. The third kappa shape index (κ3) is 3.06. The second kappa shape index (κ2) is 6.32. The molecule has 2 aromatic rings. The summed E-state index contributed by atoms with van der Waals surface area (Å²) in [5.74, 6) is 0. The van der Waals surface area contributed by atoms with Crippen LogP contribution in [0.4, 0.5) is 0 Å². The lowest BCUT2D eigenvalue weighted by Gasteiger charge is -2.21. The lowest BCUT2D eigenvalue weighted by atomic mass is 10.0. The van der Waals surface area contributed by atoms with Gasteiger partial charge in [-0.25, -0.2) is 0 Å². The van der Waals surface area contributed by atoms with Gasteiger partial charge in [0.2, 0.25) is 0 Å². The van der Waals surface area contributed by atoms with Crippen molar-refractivity contribution in [2.24, 2.45) is 0 Å². The van der Waals surface area contributed by atoms with Gasteiger partial charge in [0.15, 0.2) is 0 Å². The Bertz CT molecular complexity index is 633. The number of hydrogen-bond acceptors (Lipinski definition) is 2. The molecular formula is C17H22BrN3. The summed E-state index contributed by atoms with van der Waals surface area (Å²) in [4.78, 5) is 2.54. The molecule has 0 spiro atoms. The fourth-order valence-corrected chi connectivity index (χ4v) is 3.54. The van der Waals surface area contributed by atoms with Gasteiger partial charge in [-0.2, -0.15) is 5.10 Å². The molecule has 0 fully saturated rings. The molecule has 0 radical (unpaired) electrons. The number of hydrogen-bond donors (Lipinski definition) is 0. The van der Waals surface area contributed by atoms with Crippen molar-refractivity contribution < 1.29 is 0 Å². The Labute approximate surface area is 135 Å². The Balaban J connectivity index is 1.83. The zero-order valence-corrected chi connectivity index (χ0v) is 14.4. The van der Waals surface area contributed by atoms with Crippen molar-refractivity contribution >= 4 is 15.9 Å². The Hall–Kier alpha value is -1.13. The van der Waals surface area contributed by atoms with Crippen LogP contribution in [0.15, 0.2) is 28.7 Å². The maximum Gasteiger partial charge on any atom is 0.0739 e. The van der Waals surface area contributed by atoms with Gasteiger partial charge >= 0.3 is 0 Å². The lowest BCUT2D eigenvalue weighted by Crippen LogP contribution is -2.24. The van der Waals surface area contributed by atoms with E-state index in [1.54, 1.807) is 0 Å².